The molecule has 1 amide bonds. The van der Waals surface area contributed by atoms with Gasteiger partial charge >= 0.3 is 0 Å². The second kappa shape index (κ2) is 10.2. The Kier molecular flexibility index (Phi) is 7.16. The van der Waals surface area contributed by atoms with E-state index in [1.54, 1.807) is 6.20 Å². The Balaban J connectivity index is 1.34. The first kappa shape index (κ1) is 21.0. The van der Waals surface area contributed by atoms with Crippen molar-refractivity contribution in [2.24, 2.45) is 11.8 Å². The third-order valence-electron chi connectivity index (χ3n) is 6.95. The van der Waals surface area contributed by atoms with Crippen LogP contribution in [0.2, 0.25) is 0 Å². The molecule has 2 heterocycles. The van der Waals surface area contributed by atoms with Crippen LogP contribution in [-0.4, -0.2) is 40.3 Å². The summed E-state index contributed by atoms with van der Waals surface area (Å²) in [5.74, 6) is 1.21. The Bertz CT molecular complexity index is 808. The van der Waals surface area contributed by atoms with Crippen LogP contribution in [0, 0.1) is 18.8 Å². The van der Waals surface area contributed by atoms with Gasteiger partial charge in [-0.15, -0.1) is 0 Å². The van der Waals surface area contributed by atoms with Crippen molar-refractivity contribution in [2.45, 2.75) is 58.5 Å². The van der Waals surface area contributed by atoms with Crippen LogP contribution in [0.15, 0.2) is 48.8 Å². The zero-order chi connectivity index (χ0) is 20.8. The van der Waals surface area contributed by atoms with Crippen molar-refractivity contribution in [1.82, 2.24) is 14.8 Å². The Labute approximate surface area is 181 Å². The number of carbonyl (C=O) groups is 1. The molecule has 1 aromatic carbocycles. The minimum atomic E-state index is 0.239. The first-order valence-electron chi connectivity index (χ1n) is 11.6. The summed E-state index contributed by atoms with van der Waals surface area (Å²) in [6, 6.07) is 12.8. The molecule has 4 nitrogen and oxygen atoms in total. The Morgan fingerprint density at radius 2 is 1.83 bits per heavy atom. The van der Waals surface area contributed by atoms with Crippen LogP contribution < -0.4 is 0 Å². The van der Waals surface area contributed by atoms with Crippen LogP contribution >= 0.6 is 0 Å². The number of amides is 1. The quantitative estimate of drug-likeness (QED) is 0.663. The molecule has 1 aliphatic heterocycles. The highest BCUT2D eigenvalue weighted by Gasteiger charge is 2.30. The molecule has 4 rings (SSSR count). The number of aryl methyl sites for hydroxylation is 1. The topological polar surface area (TPSA) is 36.4 Å². The SMILES string of the molecule is Cc1ccccc1CN1CCC(CN(Cc2cccnc2)C(=O)C2CCCC2)CC1. The zero-order valence-corrected chi connectivity index (χ0v) is 18.3. The van der Waals surface area contributed by atoms with E-state index in [9.17, 15) is 4.79 Å². The van der Waals surface area contributed by atoms with Crippen molar-refractivity contribution in [2.75, 3.05) is 19.6 Å². The first-order valence-corrected chi connectivity index (χ1v) is 11.6. The summed E-state index contributed by atoms with van der Waals surface area (Å²) in [5.41, 5.74) is 3.95. The number of piperidine rings is 1. The molecule has 1 saturated carbocycles. The van der Waals surface area contributed by atoms with Gasteiger partial charge in [-0.2, -0.15) is 0 Å². The van der Waals surface area contributed by atoms with E-state index in [0.29, 0.717) is 18.4 Å². The monoisotopic (exact) mass is 405 g/mol. The van der Waals surface area contributed by atoms with Crippen molar-refractivity contribution in [3.05, 3.63) is 65.5 Å². The second-order valence-electron chi connectivity index (χ2n) is 9.21. The Hall–Kier alpha value is -2.20. The number of hydrogen-bond donors (Lipinski definition) is 0. The van der Waals surface area contributed by atoms with Gasteiger partial charge < -0.3 is 4.90 Å². The summed E-state index contributed by atoms with van der Waals surface area (Å²) in [7, 11) is 0. The summed E-state index contributed by atoms with van der Waals surface area (Å²) >= 11 is 0. The lowest BCUT2D eigenvalue weighted by Crippen LogP contribution is -2.42. The summed E-state index contributed by atoms with van der Waals surface area (Å²) in [6.45, 7) is 7.08. The Morgan fingerprint density at radius 1 is 1.07 bits per heavy atom. The maximum absolute atomic E-state index is 13.3. The molecule has 160 valence electrons. The smallest absolute Gasteiger partial charge is 0.225 e. The van der Waals surface area contributed by atoms with Crippen molar-refractivity contribution >= 4 is 5.91 Å². The number of nitrogens with zero attached hydrogens (tertiary/aromatic N) is 3. The molecule has 1 aliphatic carbocycles. The van der Waals surface area contributed by atoms with Crippen LogP contribution in [-0.2, 0) is 17.9 Å². The molecule has 2 fully saturated rings. The van der Waals surface area contributed by atoms with Crippen LogP contribution in [0.25, 0.3) is 0 Å². The van der Waals surface area contributed by atoms with Gasteiger partial charge in [0, 0.05) is 37.9 Å². The van der Waals surface area contributed by atoms with Crippen LogP contribution in [0.4, 0.5) is 0 Å². The maximum atomic E-state index is 13.3. The molecule has 0 unspecified atom stereocenters. The largest absolute Gasteiger partial charge is 0.338 e. The lowest BCUT2D eigenvalue weighted by atomic mass is 9.94. The van der Waals surface area contributed by atoms with Gasteiger partial charge in [-0.05, 0) is 74.4 Å². The molecule has 2 aromatic rings. The van der Waals surface area contributed by atoms with Gasteiger partial charge in [0.1, 0.15) is 0 Å². The fourth-order valence-corrected chi connectivity index (χ4v) is 5.04. The maximum Gasteiger partial charge on any atom is 0.225 e. The molecule has 0 atom stereocenters. The number of likely N-dealkylation sites (tertiary alicyclic amines) is 1. The molecule has 4 heteroatoms. The molecule has 0 N–H and O–H groups in total. The van der Waals surface area contributed by atoms with Crippen molar-refractivity contribution in [3.63, 3.8) is 0 Å². The first-order chi connectivity index (χ1) is 14.7. The number of aromatic nitrogens is 1. The predicted molar refractivity (Wildman–Crippen MR) is 121 cm³/mol. The van der Waals surface area contributed by atoms with E-state index in [1.807, 2.05) is 12.3 Å². The van der Waals surface area contributed by atoms with E-state index in [-0.39, 0.29) is 5.92 Å². The summed E-state index contributed by atoms with van der Waals surface area (Å²) in [4.78, 5) is 22.2. The van der Waals surface area contributed by atoms with Gasteiger partial charge in [-0.25, -0.2) is 0 Å². The number of hydrogen-bond acceptors (Lipinski definition) is 3. The van der Waals surface area contributed by atoms with E-state index in [2.05, 4.69) is 52.0 Å². The van der Waals surface area contributed by atoms with Gasteiger partial charge in [-0.3, -0.25) is 14.7 Å². The van der Waals surface area contributed by atoms with Gasteiger partial charge in [-0.1, -0.05) is 43.2 Å². The molecule has 0 bridgehead atoms. The third-order valence-corrected chi connectivity index (χ3v) is 6.95. The number of rotatable bonds is 7. The number of pyridine rings is 1. The van der Waals surface area contributed by atoms with Gasteiger partial charge in [0.25, 0.3) is 0 Å². The van der Waals surface area contributed by atoms with E-state index in [1.165, 1.54) is 36.8 Å². The predicted octanol–water partition coefficient (Wildman–Crippen LogP) is 4.82. The second-order valence-corrected chi connectivity index (χ2v) is 9.21. The normalized spacial score (nSPS) is 18.6. The van der Waals surface area contributed by atoms with Gasteiger partial charge in [0.15, 0.2) is 0 Å². The average molecular weight is 406 g/mol. The van der Waals surface area contributed by atoms with E-state index in [4.69, 9.17) is 0 Å². The molecular formula is C26H35N3O. The van der Waals surface area contributed by atoms with Gasteiger partial charge in [0.2, 0.25) is 5.91 Å². The van der Waals surface area contributed by atoms with Crippen molar-refractivity contribution in [3.8, 4) is 0 Å². The lowest BCUT2D eigenvalue weighted by Gasteiger charge is -2.36. The average Bonchev–Trinajstić information content (AvgIpc) is 3.31. The van der Waals surface area contributed by atoms with Crippen LogP contribution in [0.1, 0.15) is 55.2 Å². The standard InChI is InChI=1S/C26H35N3O/c1-21-7-2-3-11-25(21)20-28-15-12-22(13-16-28)18-29(19-23-8-6-14-27-17-23)26(30)24-9-4-5-10-24/h2-3,6-8,11,14,17,22,24H,4-5,9-10,12-13,15-16,18-20H2,1H3. The third kappa shape index (κ3) is 5.48. The van der Waals surface area contributed by atoms with Gasteiger partial charge in [0.05, 0.1) is 0 Å². The number of benzene rings is 1. The molecule has 2 aliphatic rings. The zero-order valence-electron chi connectivity index (χ0n) is 18.3. The molecule has 30 heavy (non-hydrogen) atoms. The molecular weight excluding hydrogens is 370 g/mol. The highest BCUT2D eigenvalue weighted by Crippen LogP contribution is 2.29. The fraction of sp³-hybridized carbons (Fsp3) is 0.538. The van der Waals surface area contributed by atoms with E-state index < -0.39 is 0 Å². The fourth-order valence-electron chi connectivity index (χ4n) is 5.04. The molecule has 1 aromatic heterocycles. The minimum Gasteiger partial charge on any atom is -0.338 e. The number of carbonyl (C=O) groups excluding carboxylic acids is 1. The van der Waals surface area contributed by atoms with Crippen molar-refractivity contribution < 1.29 is 4.79 Å². The summed E-state index contributed by atoms with van der Waals surface area (Å²) in [5, 5.41) is 0. The lowest BCUT2D eigenvalue weighted by molar-refractivity contribution is -0.137. The summed E-state index contributed by atoms with van der Waals surface area (Å²) < 4.78 is 0. The van der Waals surface area contributed by atoms with Crippen LogP contribution in [0.5, 0.6) is 0 Å². The molecule has 0 spiro atoms. The molecule has 0 radical (unpaired) electrons. The highest BCUT2D eigenvalue weighted by atomic mass is 16.2. The summed E-state index contributed by atoms with van der Waals surface area (Å²) in [6.07, 6.45) is 10.6. The van der Waals surface area contributed by atoms with E-state index in [0.717, 1.165) is 44.6 Å². The minimum absolute atomic E-state index is 0.239. The Morgan fingerprint density at radius 3 is 2.53 bits per heavy atom. The molecule has 1 saturated heterocycles. The van der Waals surface area contributed by atoms with Crippen molar-refractivity contribution in [1.29, 1.82) is 0 Å². The highest BCUT2D eigenvalue weighted by molar-refractivity contribution is 5.79. The van der Waals surface area contributed by atoms with Crippen LogP contribution in [0.3, 0.4) is 0 Å². The van der Waals surface area contributed by atoms with E-state index >= 15 is 0 Å².